The maximum Gasteiger partial charge on any atom is 0.427 e. The van der Waals surface area contributed by atoms with Crippen LogP contribution in [0.2, 0.25) is 0 Å². The van der Waals surface area contributed by atoms with Crippen molar-refractivity contribution in [2.45, 2.75) is 18.8 Å². The van der Waals surface area contributed by atoms with Crippen LogP contribution in [-0.2, 0) is 11.3 Å². The van der Waals surface area contributed by atoms with Gasteiger partial charge in [0.1, 0.15) is 5.82 Å². The van der Waals surface area contributed by atoms with Crippen molar-refractivity contribution < 1.29 is 32.2 Å². The minimum absolute atomic E-state index is 0.218. The van der Waals surface area contributed by atoms with Gasteiger partial charge in [-0.2, -0.15) is 13.2 Å². The lowest BCUT2D eigenvalue weighted by atomic mass is 10.2. The van der Waals surface area contributed by atoms with Gasteiger partial charge in [0.15, 0.2) is 0 Å². The number of benzene rings is 1. The molecule has 0 saturated carbocycles. The summed E-state index contributed by atoms with van der Waals surface area (Å²) in [6.45, 7) is 0.612. The van der Waals surface area contributed by atoms with Crippen molar-refractivity contribution in [3.05, 3.63) is 35.6 Å². The average molecular weight is 350 g/mol. The average Bonchev–Trinajstić information content (AvgIpc) is 2.54. The molecule has 1 fully saturated rings. The molecule has 9 heteroatoms. The van der Waals surface area contributed by atoms with Gasteiger partial charge in [-0.1, -0.05) is 12.1 Å². The number of piperazine rings is 1. The Morgan fingerprint density at radius 2 is 1.75 bits per heavy atom. The molecule has 1 saturated heterocycles. The predicted octanol–water partition coefficient (Wildman–Crippen LogP) is 2.00. The number of hydrogen-bond donors (Lipinski definition) is 1. The number of ether oxygens (including phenoxy) is 1. The van der Waals surface area contributed by atoms with Gasteiger partial charge in [-0.3, -0.25) is 4.90 Å². The van der Waals surface area contributed by atoms with E-state index >= 15 is 0 Å². The van der Waals surface area contributed by atoms with E-state index in [2.05, 4.69) is 4.74 Å². The molecule has 0 bridgehead atoms. The van der Waals surface area contributed by atoms with Gasteiger partial charge in [-0.15, -0.1) is 0 Å². The molecule has 1 unspecified atom stereocenters. The summed E-state index contributed by atoms with van der Waals surface area (Å²) in [6, 6.07) is 6.03. The Labute approximate surface area is 136 Å². The monoisotopic (exact) mass is 350 g/mol. The van der Waals surface area contributed by atoms with E-state index in [4.69, 9.17) is 5.11 Å². The van der Waals surface area contributed by atoms with Crippen LogP contribution < -0.4 is 0 Å². The Balaban J connectivity index is 1.81. The number of hydrogen-bond acceptors (Lipinski definition) is 4. The number of nitrogens with zero attached hydrogens (tertiary/aromatic N) is 2. The van der Waals surface area contributed by atoms with Crippen LogP contribution in [0, 0.1) is 5.82 Å². The van der Waals surface area contributed by atoms with Crippen LogP contribution in [0.5, 0.6) is 0 Å². The first-order valence-electron chi connectivity index (χ1n) is 7.39. The van der Waals surface area contributed by atoms with Crippen LogP contribution in [-0.4, -0.2) is 66.1 Å². The van der Waals surface area contributed by atoms with Crippen molar-refractivity contribution in [3.8, 4) is 0 Å². The van der Waals surface area contributed by atoms with E-state index in [1.54, 1.807) is 12.1 Å². The summed E-state index contributed by atoms with van der Waals surface area (Å²) in [5.74, 6) is -0.325. The lowest BCUT2D eigenvalue weighted by molar-refractivity contribution is -0.214. The van der Waals surface area contributed by atoms with E-state index in [0.29, 0.717) is 19.6 Å². The summed E-state index contributed by atoms with van der Waals surface area (Å²) in [5.41, 5.74) is 0.907. The van der Waals surface area contributed by atoms with Gasteiger partial charge in [0, 0.05) is 32.7 Å². The molecule has 2 rings (SSSR count). The third kappa shape index (κ3) is 5.07. The maximum atomic E-state index is 12.9. The number of alkyl halides is 3. The first-order chi connectivity index (χ1) is 11.3. The Morgan fingerprint density at radius 1 is 1.17 bits per heavy atom. The number of halogens is 4. The van der Waals surface area contributed by atoms with E-state index < -0.39 is 25.0 Å². The SMILES string of the molecule is O=C(OC(CO)C(F)(F)F)N1CCN(Cc2ccc(F)cc2)CC1. The molecular weight excluding hydrogens is 332 g/mol. The van der Waals surface area contributed by atoms with Gasteiger partial charge in [0.05, 0.1) is 6.61 Å². The lowest BCUT2D eigenvalue weighted by Crippen LogP contribution is -2.50. The van der Waals surface area contributed by atoms with E-state index in [1.165, 1.54) is 17.0 Å². The molecule has 1 aliphatic heterocycles. The summed E-state index contributed by atoms with van der Waals surface area (Å²) >= 11 is 0. The van der Waals surface area contributed by atoms with Gasteiger partial charge in [-0.25, -0.2) is 9.18 Å². The van der Waals surface area contributed by atoms with Crippen LogP contribution in [0.25, 0.3) is 0 Å². The van der Waals surface area contributed by atoms with Crippen LogP contribution in [0.3, 0.4) is 0 Å². The third-order valence-electron chi connectivity index (χ3n) is 3.72. The topological polar surface area (TPSA) is 53.0 Å². The molecule has 1 aliphatic rings. The summed E-state index contributed by atoms with van der Waals surface area (Å²) in [5, 5.41) is 8.68. The fourth-order valence-corrected chi connectivity index (χ4v) is 2.34. The molecule has 1 aromatic carbocycles. The number of rotatable bonds is 4. The number of aliphatic hydroxyl groups is 1. The molecule has 0 spiro atoms. The van der Waals surface area contributed by atoms with Crippen LogP contribution >= 0.6 is 0 Å². The van der Waals surface area contributed by atoms with Crippen LogP contribution in [0.15, 0.2) is 24.3 Å². The summed E-state index contributed by atoms with van der Waals surface area (Å²) in [6.07, 6.45) is -8.40. The molecule has 0 aliphatic carbocycles. The Kier molecular flexibility index (Phi) is 6.00. The zero-order valence-electron chi connectivity index (χ0n) is 12.8. The molecule has 0 aromatic heterocycles. The third-order valence-corrected chi connectivity index (χ3v) is 3.72. The lowest BCUT2D eigenvalue weighted by Gasteiger charge is -2.34. The van der Waals surface area contributed by atoms with Crippen LogP contribution in [0.4, 0.5) is 22.4 Å². The smallest absolute Gasteiger partial charge is 0.427 e. The van der Waals surface area contributed by atoms with E-state index in [9.17, 15) is 22.4 Å². The van der Waals surface area contributed by atoms with E-state index in [-0.39, 0.29) is 18.9 Å². The molecule has 1 aromatic rings. The second-order valence-electron chi connectivity index (χ2n) is 5.49. The van der Waals surface area contributed by atoms with Gasteiger partial charge < -0.3 is 14.7 Å². The molecule has 134 valence electrons. The second kappa shape index (κ2) is 7.80. The summed E-state index contributed by atoms with van der Waals surface area (Å²) < 4.78 is 54.6. The fourth-order valence-electron chi connectivity index (χ4n) is 2.34. The minimum atomic E-state index is -4.80. The standard InChI is InChI=1S/C15H18F4N2O3/c16-12-3-1-11(2-4-12)9-20-5-7-21(8-6-20)14(23)24-13(10-22)15(17,18)19/h1-4,13,22H,5-10H2. The van der Waals surface area contributed by atoms with Gasteiger partial charge in [-0.05, 0) is 17.7 Å². The predicted molar refractivity (Wildman–Crippen MR) is 76.7 cm³/mol. The van der Waals surface area contributed by atoms with Gasteiger partial charge >= 0.3 is 12.3 Å². The molecule has 1 atom stereocenters. The van der Waals surface area contributed by atoms with E-state index in [1.807, 2.05) is 4.90 Å². The minimum Gasteiger partial charge on any atom is -0.434 e. The van der Waals surface area contributed by atoms with E-state index in [0.717, 1.165) is 5.56 Å². The second-order valence-corrected chi connectivity index (χ2v) is 5.49. The molecule has 5 nitrogen and oxygen atoms in total. The Hall–Kier alpha value is -1.87. The maximum absolute atomic E-state index is 12.9. The van der Waals surface area contributed by atoms with Gasteiger partial charge in [0.2, 0.25) is 6.10 Å². The first kappa shape index (κ1) is 18.5. The summed E-state index contributed by atoms with van der Waals surface area (Å²) in [4.78, 5) is 14.9. The zero-order chi connectivity index (χ0) is 17.7. The Bertz CT molecular complexity index is 543. The normalized spacial score (nSPS) is 17.6. The largest absolute Gasteiger partial charge is 0.434 e. The highest BCUT2D eigenvalue weighted by atomic mass is 19.4. The number of aliphatic hydroxyl groups excluding tert-OH is 1. The first-order valence-corrected chi connectivity index (χ1v) is 7.39. The fraction of sp³-hybridized carbons (Fsp3) is 0.533. The highest BCUT2D eigenvalue weighted by Gasteiger charge is 2.43. The van der Waals surface area contributed by atoms with Crippen molar-refractivity contribution in [3.63, 3.8) is 0 Å². The quantitative estimate of drug-likeness (QED) is 0.844. The Morgan fingerprint density at radius 3 is 2.25 bits per heavy atom. The molecule has 0 radical (unpaired) electrons. The van der Waals surface area contributed by atoms with Crippen molar-refractivity contribution in [2.75, 3.05) is 32.8 Å². The van der Waals surface area contributed by atoms with Crippen molar-refractivity contribution in [1.29, 1.82) is 0 Å². The summed E-state index contributed by atoms with van der Waals surface area (Å²) in [7, 11) is 0. The van der Waals surface area contributed by atoms with Crippen molar-refractivity contribution >= 4 is 6.09 Å². The molecule has 1 N–H and O–H groups in total. The number of amides is 1. The highest BCUT2D eigenvalue weighted by Crippen LogP contribution is 2.23. The van der Waals surface area contributed by atoms with Crippen LogP contribution in [0.1, 0.15) is 5.56 Å². The highest BCUT2D eigenvalue weighted by molar-refractivity contribution is 5.68. The van der Waals surface area contributed by atoms with Gasteiger partial charge in [0.25, 0.3) is 0 Å². The van der Waals surface area contributed by atoms with Crippen molar-refractivity contribution in [2.24, 2.45) is 0 Å². The molecular formula is C15H18F4N2O3. The van der Waals surface area contributed by atoms with Crippen molar-refractivity contribution in [1.82, 2.24) is 9.80 Å². The number of carbonyl (C=O) groups is 1. The molecule has 1 amide bonds. The zero-order valence-corrected chi connectivity index (χ0v) is 12.8. The molecule has 1 heterocycles. The molecule has 24 heavy (non-hydrogen) atoms. The number of carbonyl (C=O) groups excluding carboxylic acids is 1.